The average Bonchev–Trinajstić information content (AvgIpc) is 3.26. The molecule has 3 fully saturated rings. The van der Waals surface area contributed by atoms with Crippen molar-refractivity contribution in [3.8, 4) is 11.1 Å². The molecule has 3 aliphatic rings. The Labute approximate surface area is 252 Å². The number of morpholine rings is 2. The molecule has 3 aliphatic heterocycles. The van der Waals surface area contributed by atoms with Gasteiger partial charge in [-0.3, -0.25) is 9.69 Å². The van der Waals surface area contributed by atoms with Crippen molar-refractivity contribution >= 4 is 11.4 Å². The monoisotopic (exact) mass is 595 g/mol. The number of rotatable bonds is 8. The molecule has 3 aromatic rings. The third-order valence-electron chi connectivity index (χ3n) is 9.43. The number of amides is 1. The van der Waals surface area contributed by atoms with Gasteiger partial charge in [-0.15, -0.1) is 0 Å². The lowest BCUT2D eigenvalue weighted by atomic mass is 9.85. The normalized spacial score (nSPS) is 22.7. The number of fused-ring (bicyclic) bond motifs is 1. The van der Waals surface area contributed by atoms with E-state index in [4.69, 9.17) is 9.47 Å². The Morgan fingerprint density at radius 1 is 1.16 bits per heavy atom. The number of carbonyl (C=O) groups is 1. The quantitative estimate of drug-likeness (QED) is 0.409. The lowest BCUT2D eigenvalue weighted by Crippen LogP contribution is -2.53. The molecule has 0 aliphatic carbocycles. The third-order valence-corrected chi connectivity index (χ3v) is 9.43. The Hall–Kier alpha value is -2.92. The first-order valence-corrected chi connectivity index (χ1v) is 15.6. The van der Waals surface area contributed by atoms with Gasteiger partial charge in [-0.05, 0) is 61.9 Å². The van der Waals surface area contributed by atoms with Gasteiger partial charge in [0.2, 0.25) is 5.95 Å². The Kier molecular flexibility index (Phi) is 8.82. The number of aryl methyl sites for hydroxylation is 1. The van der Waals surface area contributed by atoms with Crippen molar-refractivity contribution in [2.45, 2.75) is 64.6 Å². The third kappa shape index (κ3) is 6.07. The minimum absolute atomic E-state index is 0.145. The van der Waals surface area contributed by atoms with Crippen molar-refractivity contribution < 1.29 is 23.0 Å². The summed E-state index contributed by atoms with van der Waals surface area (Å²) in [5.74, 6) is -0.0938. The lowest BCUT2D eigenvalue weighted by molar-refractivity contribution is 0.00361. The first kappa shape index (κ1) is 30.1. The van der Waals surface area contributed by atoms with E-state index in [1.807, 2.05) is 19.2 Å². The molecule has 0 bridgehead atoms. The molecule has 1 N–H and O–H groups in total. The van der Waals surface area contributed by atoms with Crippen LogP contribution in [0.3, 0.4) is 0 Å². The summed E-state index contributed by atoms with van der Waals surface area (Å²) in [6, 6.07) is 6.50. The molecule has 0 radical (unpaired) electrons. The van der Waals surface area contributed by atoms with Crippen LogP contribution in [0.4, 0.5) is 8.78 Å². The molecular weight excluding hydrogens is 552 g/mol. The van der Waals surface area contributed by atoms with E-state index in [2.05, 4.69) is 29.0 Å². The summed E-state index contributed by atoms with van der Waals surface area (Å²) in [4.78, 5) is 22.2. The summed E-state index contributed by atoms with van der Waals surface area (Å²) < 4.78 is 43.2. The minimum atomic E-state index is -0.601. The second-order valence-electron chi connectivity index (χ2n) is 12.7. The molecule has 3 saturated heterocycles. The standard InChI is InChI=1S/C33H43F2N5O3/c1-20(2)30(8-6-26-15-36-9-11-43-26)38-16-24(17-38)23-13-28(31-32(35)37-22(4)40(31)18-23)27-7-5-25(34)14-29(27)33(41)39-10-12-42-19-21(39)3/h5,7,13-14,18,20-21,24,26,30,36H,6,8-12,15-17,19H2,1-4H3/t21-,26+,30?/m1/s1. The topological polar surface area (TPSA) is 71.3 Å². The molecular formula is C33H43F2N5O3. The molecule has 1 unspecified atom stereocenters. The van der Waals surface area contributed by atoms with Crippen molar-refractivity contribution in [2.24, 2.45) is 5.92 Å². The van der Waals surface area contributed by atoms with Gasteiger partial charge in [-0.2, -0.15) is 4.39 Å². The zero-order valence-electron chi connectivity index (χ0n) is 25.6. The van der Waals surface area contributed by atoms with Crippen LogP contribution in [0.5, 0.6) is 0 Å². The molecule has 0 saturated carbocycles. The van der Waals surface area contributed by atoms with Gasteiger partial charge in [-0.25, -0.2) is 9.37 Å². The van der Waals surface area contributed by atoms with E-state index in [1.165, 1.54) is 12.1 Å². The van der Waals surface area contributed by atoms with Crippen LogP contribution in [-0.4, -0.2) is 95.8 Å². The Morgan fingerprint density at radius 3 is 2.70 bits per heavy atom. The number of hydrogen-bond acceptors (Lipinski definition) is 6. The molecule has 1 amide bonds. The highest BCUT2D eigenvalue weighted by Gasteiger charge is 2.36. The van der Waals surface area contributed by atoms with E-state index >= 15 is 4.39 Å². The molecule has 10 heteroatoms. The Balaban J connectivity index is 1.30. The summed E-state index contributed by atoms with van der Waals surface area (Å²) in [5, 5.41) is 3.42. The van der Waals surface area contributed by atoms with Crippen LogP contribution in [0.25, 0.3) is 16.6 Å². The van der Waals surface area contributed by atoms with Crippen LogP contribution in [-0.2, 0) is 9.47 Å². The van der Waals surface area contributed by atoms with Crippen molar-refractivity contribution in [1.82, 2.24) is 24.5 Å². The van der Waals surface area contributed by atoms with Gasteiger partial charge < -0.3 is 24.1 Å². The average molecular weight is 596 g/mol. The fourth-order valence-electron chi connectivity index (χ4n) is 6.96. The highest BCUT2D eigenvalue weighted by atomic mass is 19.1. The highest BCUT2D eigenvalue weighted by Crippen LogP contribution is 2.38. The SMILES string of the molecule is Cc1nc(F)c2c(-c3ccc(F)cc3C(=O)N3CCOC[C@H]3C)cc(C3CN(C(CC[C@H]4CNCCO4)C(C)C)C3)cn12. The predicted molar refractivity (Wildman–Crippen MR) is 161 cm³/mol. The van der Waals surface area contributed by atoms with Crippen molar-refractivity contribution in [1.29, 1.82) is 0 Å². The van der Waals surface area contributed by atoms with Crippen LogP contribution >= 0.6 is 0 Å². The maximum atomic E-state index is 15.4. The number of pyridine rings is 1. The number of ether oxygens (including phenoxy) is 2. The number of halogens is 2. The molecule has 43 heavy (non-hydrogen) atoms. The van der Waals surface area contributed by atoms with Gasteiger partial charge in [-0.1, -0.05) is 19.9 Å². The summed E-state index contributed by atoms with van der Waals surface area (Å²) in [6.07, 6.45) is 4.36. The summed E-state index contributed by atoms with van der Waals surface area (Å²) in [7, 11) is 0. The van der Waals surface area contributed by atoms with Crippen LogP contribution in [0.15, 0.2) is 30.5 Å². The van der Waals surface area contributed by atoms with E-state index in [-0.39, 0.29) is 29.5 Å². The van der Waals surface area contributed by atoms with Gasteiger partial charge in [0.05, 0.1) is 37.5 Å². The maximum absolute atomic E-state index is 15.4. The number of benzene rings is 1. The van der Waals surface area contributed by atoms with Crippen molar-refractivity contribution in [3.05, 3.63) is 59.2 Å². The number of imidazole rings is 1. The second kappa shape index (κ2) is 12.6. The summed E-state index contributed by atoms with van der Waals surface area (Å²) in [6.45, 7) is 13.9. The maximum Gasteiger partial charge on any atom is 0.254 e. The molecule has 8 nitrogen and oxygen atoms in total. The van der Waals surface area contributed by atoms with Gasteiger partial charge >= 0.3 is 0 Å². The number of aromatic nitrogens is 2. The largest absolute Gasteiger partial charge is 0.377 e. The number of hydrogen-bond donors (Lipinski definition) is 1. The first-order valence-electron chi connectivity index (χ1n) is 15.6. The van der Waals surface area contributed by atoms with E-state index in [0.29, 0.717) is 54.2 Å². The molecule has 232 valence electrons. The van der Waals surface area contributed by atoms with Gasteiger partial charge in [0.15, 0.2) is 0 Å². The molecule has 2 aromatic heterocycles. The fourth-order valence-corrected chi connectivity index (χ4v) is 6.96. The highest BCUT2D eigenvalue weighted by molar-refractivity contribution is 6.03. The number of nitrogens with one attached hydrogen (secondary N) is 1. The zero-order chi connectivity index (χ0) is 30.2. The second-order valence-corrected chi connectivity index (χ2v) is 12.7. The molecule has 6 rings (SSSR count). The predicted octanol–water partition coefficient (Wildman–Crippen LogP) is 4.64. The molecule has 1 aromatic carbocycles. The smallest absolute Gasteiger partial charge is 0.254 e. The minimum Gasteiger partial charge on any atom is -0.377 e. The fraction of sp³-hybridized carbons (Fsp3) is 0.576. The van der Waals surface area contributed by atoms with Gasteiger partial charge in [0, 0.05) is 56.4 Å². The van der Waals surface area contributed by atoms with Crippen LogP contribution in [0.2, 0.25) is 0 Å². The van der Waals surface area contributed by atoms with Gasteiger partial charge in [0.25, 0.3) is 5.91 Å². The molecule has 5 heterocycles. The Bertz CT molecular complexity index is 1460. The lowest BCUT2D eigenvalue weighted by Gasteiger charge is -2.47. The van der Waals surface area contributed by atoms with Crippen molar-refractivity contribution in [3.63, 3.8) is 0 Å². The zero-order valence-corrected chi connectivity index (χ0v) is 25.6. The van der Waals surface area contributed by atoms with E-state index in [9.17, 15) is 9.18 Å². The van der Waals surface area contributed by atoms with E-state index < -0.39 is 11.8 Å². The van der Waals surface area contributed by atoms with Crippen molar-refractivity contribution in [2.75, 3.05) is 52.5 Å². The van der Waals surface area contributed by atoms with Gasteiger partial charge in [0.1, 0.15) is 17.2 Å². The Morgan fingerprint density at radius 2 is 1.98 bits per heavy atom. The summed E-state index contributed by atoms with van der Waals surface area (Å²) >= 11 is 0. The number of nitrogens with zero attached hydrogens (tertiary/aromatic N) is 4. The van der Waals surface area contributed by atoms with E-state index in [1.54, 1.807) is 22.3 Å². The van der Waals surface area contributed by atoms with Crippen LogP contribution < -0.4 is 5.32 Å². The number of carbonyl (C=O) groups excluding carboxylic acids is 1. The van der Waals surface area contributed by atoms with Crippen LogP contribution in [0.1, 0.15) is 61.3 Å². The molecule has 3 atom stereocenters. The molecule has 0 spiro atoms. The number of likely N-dealkylation sites (tertiary alicyclic amines) is 1. The van der Waals surface area contributed by atoms with E-state index in [0.717, 1.165) is 51.2 Å². The van der Waals surface area contributed by atoms with Crippen LogP contribution in [0, 0.1) is 24.6 Å². The first-order chi connectivity index (χ1) is 20.7. The summed E-state index contributed by atoms with van der Waals surface area (Å²) in [5.41, 5.74) is 2.65.